The first-order valence-corrected chi connectivity index (χ1v) is 5.76. The van der Waals surface area contributed by atoms with E-state index < -0.39 is 0 Å². The van der Waals surface area contributed by atoms with Crippen molar-refractivity contribution in [1.29, 1.82) is 0 Å². The molecule has 0 radical (unpaired) electrons. The van der Waals surface area contributed by atoms with Crippen LogP contribution in [0.1, 0.15) is 27.2 Å². The number of hydrogen-bond donors (Lipinski definition) is 2. The van der Waals surface area contributed by atoms with Crippen LogP contribution < -0.4 is 10.6 Å². The molecule has 0 saturated carbocycles. The highest BCUT2D eigenvalue weighted by Crippen LogP contribution is 2.10. The quantitative estimate of drug-likeness (QED) is 0.357. The van der Waals surface area contributed by atoms with E-state index in [0.717, 1.165) is 30.9 Å². The number of nitrogens with one attached hydrogen (secondary N) is 2. The fourth-order valence-corrected chi connectivity index (χ4v) is 1.53. The SMILES string of the molecule is C=NCCCNC(=C)NC(C(=C)C)C(C)C. The molecule has 0 fully saturated rings. The van der Waals surface area contributed by atoms with E-state index in [4.69, 9.17) is 0 Å². The van der Waals surface area contributed by atoms with E-state index in [1.807, 2.05) is 6.92 Å². The molecule has 0 spiro atoms. The lowest BCUT2D eigenvalue weighted by atomic mass is 9.98. The minimum absolute atomic E-state index is 0.275. The Hall–Kier alpha value is -1.25. The van der Waals surface area contributed by atoms with E-state index in [0.29, 0.717) is 5.92 Å². The molecular formula is C13H25N3. The largest absolute Gasteiger partial charge is 0.372 e. The summed E-state index contributed by atoms with van der Waals surface area (Å²) in [5.74, 6) is 1.36. The summed E-state index contributed by atoms with van der Waals surface area (Å²) in [5, 5.41) is 6.56. The van der Waals surface area contributed by atoms with E-state index in [-0.39, 0.29) is 6.04 Å². The summed E-state index contributed by atoms with van der Waals surface area (Å²) in [6.07, 6.45) is 0.976. The number of aliphatic imine (C=N–C) groups is 1. The molecule has 92 valence electrons. The summed E-state index contributed by atoms with van der Waals surface area (Å²) in [6, 6.07) is 0.275. The second-order valence-electron chi connectivity index (χ2n) is 4.42. The maximum Gasteiger partial charge on any atom is 0.0917 e. The van der Waals surface area contributed by atoms with Crippen molar-refractivity contribution in [2.75, 3.05) is 13.1 Å². The number of hydrogen-bond acceptors (Lipinski definition) is 3. The second kappa shape index (κ2) is 7.97. The Kier molecular flexibility index (Phi) is 7.34. The summed E-state index contributed by atoms with van der Waals surface area (Å²) >= 11 is 0. The molecule has 0 bridgehead atoms. The average Bonchev–Trinajstić information content (AvgIpc) is 2.20. The zero-order valence-electron chi connectivity index (χ0n) is 10.8. The standard InChI is InChI=1S/C13H25N3/c1-10(2)13(11(3)4)16-12(5)15-9-7-8-14-6/h11,13,15-16H,1,5-9H2,2-4H3. The molecule has 0 rings (SSSR count). The lowest BCUT2D eigenvalue weighted by molar-refractivity contribution is 0.466. The third-order valence-corrected chi connectivity index (χ3v) is 2.36. The van der Waals surface area contributed by atoms with Gasteiger partial charge in [0, 0.05) is 13.1 Å². The summed E-state index contributed by atoms with van der Waals surface area (Å²) in [7, 11) is 0. The second-order valence-corrected chi connectivity index (χ2v) is 4.42. The van der Waals surface area contributed by atoms with Crippen molar-refractivity contribution in [3.8, 4) is 0 Å². The number of nitrogens with zero attached hydrogens (tertiary/aromatic N) is 1. The normalized spacial score (nSPS) is 12.0. The molecule has 0 aromatic carbocycles. The summed E-state index contributed by atoms with van der Waals surface area (Å²) < 4.78 is 0. The third kappa shape index (κ3) is 6.27. The van der Waals surface area contributed by atoms with Gasteiger partial charge in [-0.05, 0) is 26.0 Å². The Labute approximate surface area is 99.7 Å². The predicted molar refractivity (Wildman–Crippen MR) is 72.8 cm³/mol. The van der Waals surface area contributed by atoms with Gasteiger partial charge in [0.05, 0.1) is 11.9 Å². The van der Waals surface area contributed by atoms with Gasteiger partial charge in [0.1, 0.15) is 0 Å². The summed E-state index contributed by atoms with van der Waals surface area (Å²) in [4.78, 5) is 3.80. The van der Waals surface area contributed by atoms with Crippen molar-refractivity contribution in [1.82, 2.24) is 10.6 Å². The molecule has 0 aliphatic rings. The van der Waals surface area contributed by atoms with Crippen molar-refractivity contribution in [2.24, 2.45) is 10.9 Å². The molecule has 16 heavy (non-hydrogen) atoms. The molecule has 2 N–H and O–H groups in total. The molecular weight excluding hydrogens is 198 g/mol. The highest BCUT2D eigenvalue weighted by atomic mass is 15.1. The monoisotopic (exact) mass is 223 g/mol. The van der Waals surface area contributed by atoms with Gasteiger partial charge >= 0.3 is 0 Å². The molecule has 0 aromatic heterocycles. The Morgan fingerprint density at radius 1 is 1.31 bits per heavy atom. The fraction of sp³-hybridized carbons (Fsp3) is 0.615. The predicted octanol–water partition coefficient (Wildman–Crippen LogP) is 2.33. The van der Waals surface area contributed by atoms with Gasteiger partial charge in [-0.15, -0.1) is 0 Å². The number of rotatable bonds is 9. The zero-order valence-corrected chi connectivity index (χ0v) is 10.8. The maximum atomic E-state index is 3.98. The van der Waals surface area contributed by atoms with Crippen molar-refractivity contribution >= 4 is 6.72 Å². The Bertz CT molecular complexity index is 244. The van der Waals surface area contributed by atoms with Crippen LogP contribution in [0.4, 0.5) is 0 Å². The molecule has 0 aromatic rings. The lowest BCUT2D eigenvalue weighted by Crippen LogP contribution is -2.38. The molecule has 0 aliphatic heterocycles. The van der Waals surface area contributed by atoms with Crippen molar-refractivity contribution < 1.29 is 0 Å². The average molecular weight is 223 g/mol. The Morgan fingerprint density at radius 2 is 1.94 bits per heavy atom. The lowest BCUT2D eigenvalue weighted by Gasteiger charge is -2.25. The smallest absolute Gasteiger partial charge is 0.0917 e. The van der Waals surface area contributed by atoms with Crippen molar-refractivity contribution in [2.45, 2.75) is 33.2 Å². The van der Waals surface area contributed by atoms with Crippen LogP contribution in [-0.4, -0.2) is 25.8 Å². The van der Waals surface area contributed by atoms with Gasteiger partial charge < -0.3 is 15.6 Å². The van der Waals surface area contributed by atoms with Crippen LogP contribution in [0.2, 0.25) is 0 Å². The van der Waals surface area contributed by atoms with Gasteiger partial charge in [-0.1, -0.05) is 32.6 Å². The maximum absolute atomic E-state index is 3.98. The molecule has 0 amide bonds. The van der Waals surface area contributed by atoms with Crippen LogP contribution in [0.25, 0.3) is 0 Å². The topological polar surface area (TPSA) is 36.4 Å². The minimum Gasteiger partial charge on any atom is -0.372 e. The van der Waals surface area contributed by atoms with E-state index in [9.17, 15) is 0 Å². The Balaban J connectivity index is 3.91. The molecule has 0 heterocycles. The Morgan fingerprint density at radius 3 is 2.38 bits per heavy atom. The summed E-state index contributed by atoms with van der Waals surface area (Å²) in [5.41, 5.74) is 1.13. The van der Waals surface area contributed by atoms with Crippen LogP contribution in [0.5, 0.6) is 0 Å². The highest BCUT2D eigenvalue weighted by Gasteiger charge is 2.13. The zero-order chi connectivity index (χ0) is 12.6. The van der Waals surface area contributed by atoms with Crippen LogP contribution in [-0.2, 0) is 0 Å². The van der Waals surface area contributed by atoms with E-state index >= 15 is 0 Å². The van der Waals surface area contributed by atoms with Crippen LogP contribution in [0.3, 0.4) is 0 Å². The van der Waals surface area contributed by atoms with Gasteiger partial charge in [-0.25, -0.2) is 0 Å². The van der Waals surface area contributed by atoms with Gasteiger partial charge in [-0.3, -0.25) is 0 Å². The first-order valence-electron chi connectivity index (χ1n) is 5.76. The fourth-order valence-electron chi connectivity index (χ4n) is 1.53. The third-order valence-electron chi connectivity index (χ3n) is 2.36. The molecule has 0 saturated heterocycles. The minimum atomic E-state index is 0.275. The van der Waals surface area contributed by atoms with Gasteiger partial charge in [-0.2, -0.15) is 0 Å². The van der Waals surface area contributed by atoms with Gasteiger partial charge in [0.15, 0.2) is 0 Å². The van der Waals surface area contributed by atoms with Crippen molar-refractivity contribution in [3.63, 3.8) is 0 Å². The molecule has 1 unspecified atom stereocenters. The van der Waals surface area contributed by atoms with E-state index in [1.54, 1.807) is 0 Å². The van der Waals surface area contributed by atoms with Crippen molar-refractivity contribution in [3.05, 3.63) is 24.6 Å². The molecule has 1 atom stereocenters. The van der Waals surface area contributed by atoms with Crippen LogP contribution in [0.15, 0.2) is 29.5 Å². The molecule has 3 heteroatoms. The van der Waals surface area contributed by atoms with E-state index in [2.05, 4.69) is 49.3 Å². The molecule has 3 nitrogen and oxygen atoms in total. The van der Waals surface area contributed by atoms with Crippen LogP contribution >= 0.6 is 0 Å². The van der Waals surface area contributed by atoms with Gasteiger partial charge in [0.2, 0.25) is 0 Å². The van der Waals surface area contributed by atoms with E-state index in [1.165, 1.54) is 0 Å². The highest BCUT2D eigenvalue weighted by molar-refractivity contribution is 5.23. The summed E-state index contributed by atoms with van der Waals surface area (Å²) in [6.45, 7) is 19.4. The first-order chi connectivity index (χ1) is 7.49. The van der Waals surface area contributed by atoms with Gasteiger partial charge in [0.25, 0.3) is 0 Å². The first kappa shape index (κ1) is 14.8. The molecule has 0 aliphatic carbocycles. The van der Waals surface area contributed by atoms with Crippen LogP contribution in [0, 0.1) is 5.92 Å².